The molecule has 0 saturated carbocycles. The van der Waals surface area contributed by atoms with Crippen LogP contribution in [0.1, 0.15) is 51.3 Å². The van der Waals surface area contributed by atoms with Crippen molar-refractivity contribution in [2.75, 3.05) is 0 Å². The second-order valence-corrected chi connectivity index (χ2v) is 8.29. The maximum atomic E-state index is 13.0. The third-order valence-electron chi connectivity index (χ3n) is 4.86. The first-order valence-electron chi connectivity index (χ1n) is 9.95. The number of aromatic hydroxyl groups is 1. The van der Waals surface area contributed by atoms with Crippen molar-refractivity contribution in [2.24, 2.45) is 0 Å². The van der Waals surface area contributed by atoms with Crippen molar-refractivity contribution >= 4 is 11.7 Å². The van der Waals surface area contributed by atoms with Gasteiger partial charge in [-0.05, 0) is 44.5 Å². The molecule has 2 N–H and O–H groups in total. The van der Waals surface area contributed by atoms with E-state index in [1.54, 1.807) is 19.1 Å². The van der Waals surface area contributed by atoms with Crippen LogP contribution in [0.5, 0.6) is 11.5 Å². The number of nitrogens with zero attached hydrogens (tertiary/aromatic N) is 1. The predicted molar refractivity (Wildman–Crippen MR) is 113 cm³/mol. The molecule has 0 saturated heterocycles. The van der Waals surface area contributed by atoms with Crippen LogP contribution in [0.3, 0.4) is 0 Å². The molecule has 1 aliphatic rings. The van der Waals surface area contributed by atoms with E-state index in [1.165, 1.54) is 17.0 Å². The van der Waals surface area contributed by atoms with Gasteiger partial charge in [-0.25, -0.2) is 0 Å². The Balaban J connectivity index is 2.04. The number of hydrogen-bond acceptors (Lipinski definition) is 5. The zero-order valence-corrected chi connectivity index (χ0v) is 17.7. The van der Waals surface area contributed by atoms with E-state index in [0.717, 1.165) is 5.56 Å². The number of rotatable bonds is 6. The Morgan fingerprint density at radius 3 is 2.30 bits per heavy atom. The van der Waals surface area contributed by atoms with Crippen molar-refractivity contribution in [3.8, 4) is 11.5 Å². The quantitative estimate of drug-likeness (QED) is 0.736. The predicted octanol–water partition coefficient (Wildman–Crippen LogP) is 4.44. The number of amides is 1. The van der Waals surface area contributed by atoms with Gasteiger partial charge in [-0.1, -0.05) is 37.3 Å². The Kier molecular flexibility index (Phi) is 5.87. The molecular formula is C24H27NO5. The molecule has 6 nitrogen and oxygen atoms in total. The van der Waals surface area contributed by atoms with E-state index in [1.807, 2.05) is 45.0 Å². The second kappa shape index (κ2) is 8.22. The first-order valence-corrected chi connectivity index (χ1v) is 9.95. The molecule has 2 aromatic rings. The van der Waals surface area contributed by atoms with Gasteiger partial charge in [0.25, 0.3) is 5.91 Å². The summed E-state index contributed by atoms with van der Waals surface area (Å²) in [5.41, 5.74) is 1.06. The fourth-order valence-electron chi connectivity index (χ4n) is 3.54. The van der Waals surface area contributed by atoms with Crippen molar-refractivity contribution in [1.82, 2.24) is 4.90 Å². The standard InChI is InChI=1S/C24H27NO5/c1-5-18(27)20-21(15-10-12-17(26)13-11-15)25(23(29)22(20)28)14-16-8-6-7-9-19(16)30-24(2,3)4/h6-13,21,26,28H,5,14H2,1-4H3. The van der Waals surface area contributed by atoms with Crippen LogP contribution in [-0.4, -0.2) is 32.4 Å². The summed E-state index contributed by atoms with van der Waals surface area (Å²) in [6, 6.07) is 13.0. The average molecular weight is 409 g/mol. The SMILES string of the molecule is CCC(=O)C1=C(O)C(=O)N(Cc2ccccc2OC(C)(C)C)C1c1ccc(O)cc1. The van der Waals surface area contributed by atoms with Crippen molar-refractivity contribution in [1.29, 1.82) is 0 Å². The summed E-state index contributed by atoms with van der Waals surface area (Å²) in [5, 5.41) is 20.2. The number of benzene rings is 2. The summed E-state index contributed by atoms with van der Waals surface area (Å²) in [5.74, 6) is -0.697. The van der Waals surface area contributed by atoms with Gasteiger partial charge in [0.05, 0.1) is 18.2 Å². The minimum absolute atomic E-state index is 0.0788. The lowest BCUT2D eigenvalue weighted by atomic mass is 9.95. The molecule has 1 aliphatic heterocycles. The molecule has 6 heteroatoms. The number of carbonyl (C=O) groups excluding carboxylic acids is 2. The fourth-order valence-corrected chi connectivity index (χ4v) is 3.54. The molecule has 158 valence electrons. The second-order valence-electron chi connectivity index (χ2n) is 8.29. The van der Waals surface area contributed by atoms with Crippen molar-refractivity contribution in [3.05, 3.63) is 71.0 Å². The number of ketones is 1. The summed E-state index contributed by atoms with van der Waals surface area (Å²) in [6.07, 6.45) is 0.165. The van der Waals surface area contributed by atoms with Crippen molar-refractivity contribution in [2.45, 2.75) is 52.3 Å². The zero-order valence-electron chi connectivity index (χ0n) is 17.7. The van der Waals surface area contributed by atoms with Gasteiger partial charge in [-0.15, -0.1) is 0 Å². The van der Waals surface area contributed by atoms with E-state index in [4.69, 9.17) is 4.74 Å². The Morgan fingerprint density at radius 1 is 1.07 bits per heavy atom. The number of carbonyl (C=O) groups is 2. The third kappa shape index (κ3) is 4.32. The first kappa shape index (κ1) is 21.4. The lowest BCUT2D eigenvalue weighted by Gasteiger charge is -2.29. The van der Waals surface area contributed by atoms with Crippen molar-refractivity contribution in [3.63, 3.8) is 0 Å². The van der Waals surface area contributed by atoms with E-state index < -0.39 is 23.3 Å². The number of aliphatic hydroxyl groups excluding tert-OH is 1. The van der Waals surface area contributed by atoms with Gasteiger partial charge in [0, 0.05) is 12.0 Å². The number of para-hydroxylation sites is 1. The van der Waals surface area contributed by atoms with E-state index in [-0.39, 0.29) is 30.1 Å². The Bertz CT molecular complexity index is 985. The van der Waals surface area contributed by atoms with Crippen LogP contribution in [0.2, 0.25) is 0 Å². The summed E-state index contributed by atoms with van der Waals surface area (Å²) in [7, 11) is 0. The van der Waals surface area contributed by atoms with E-state index in [9.17, 15) is 19.8 Å². The monoisotopic (exact) mass is 409 g/mol. The molecule has 3 rings (SSSR count). The summed E-state index contributed by atoms with van der Waals surface area (Å²) in [4.78, 5) is 27.0. The Hall–Kier alpha value is -3.28. The maximum Gasteiger partial charge on any atom is 0.290 e. The normalized spacial score (nSPS) is 16.9. The first-order chi connectivity index (χ1) is 14.1. The number of phenols is 1. The number of aliphatic hydroxyl groups is 1. The highest BCUT2D eigenvalue weighted by molar-refractivity contribution is 6.08. The molecule has 0 radical (unpaired) electrons. The molecular weight excluding hydrogens is 382 g/mol. The molecule has 0 aromatic heterocycles. The lowest BCUT2D eigenvalue weighted by Crippen LogP contribution is -2.31. The molecule has 0 bridgehead atoms. The number of Topliss-reactive ketones (excluding diaryl/α,β-unsaturated/α-hetero) is 1. The van der Waals surface area contributed by atoms with Gasteiger partial charge in [0.2, 0.25) is 0 Å². The summed E-state index contributed by atoms with van der Waals surface area (Å²) < 4.78 is 6.04. The van der Waals surface area contributed by atoms with E-state index >= 15 is 0 Å². The van der Waals surface area contributed by atoms with Gasteiger partial charge >= 0.3 is 0 Å². The molecule has 1 amide bonds. The number of phenolic OH excluding ortho intramolecular Hbond substituents is 1. The van der Waals surface area contributed by atoms with Crippen LogP contribution < -0.4 is 4.74 Å². The summed E-state index contributed by atoms with van der Waals surface area (Å²) >= 11 is 0. The van der Waals surface area contributed by atoms with Crippen molar-refractivity contribution < 1.29 is 24.5 Å². The molecule has 1 unspecified atom stereocenters. The molecule has 1 heterocycles. The molecule has 30 heavy (non-hydrogen) atoms. The van der Waals surface area contributed by atoms with Gasteiger partial charge in [-0.2, -0.15) is 0 Å². The molecule has 0 fully saturated rings. The van der Waals surface area contributed by atoms with Crippen LogP contribution in [-0.2, 0) is 16.1 Å². The van der Waals surface area contributed by atoms with Gasteiger partial charge in [-0.3, -0.25) is 9.59 Å². The van der Waals surface area contributed by atoms with Gasteiger partial charge < -0.3 is 19.8 Å². The number of ether oxygens (including phenoxy) is 1. The van der Waals surface area contributed by atoms with Gasteiger partial charge in [0.1, 0.15) is 17.1 Å². The third-order valence-corrected chi connectivity index (χ3v) is 4.86. The molecule has 2 aromatic carbocycles. The topological polar surface area (TPSA) is 87.1 Å². The zero-order chi connectivity index (χ0) is 22.1. The van der Waals surface area contributed by atoms with Crippen LogP contribution in [0.15, 0.2) is 59.9 Å². The minimum Gasteiger partial charge on any atom is -0.508 e. The molecule has 0 aliphatic carbocycles. The lowest BCUT2D eigenvalue weighted by molar-refractivity contribution is -0.130. The smallest absolute Gasteiger partial charge is 0.290 e. The van der Waals surface area contributed by atoms with E-state index in [2.05, 4.69) is 0 Å². The minimum atomic E-state index is -0.742. The van der Waals surface area contributed by atoms with Crippen LogP contribution >= 0.6 is 0 Å². The van der Waals surface area contributed by atoms with Crippen LogP contribution in [0.25, 0.3) is 0 Å². The molecule has 1 atom stereocenters. The molecule has 0 spiro atoms. The largest absolute Gasteiger partial charge is 0.508 e. The van der Waals surface area contributed by atoms with Crippen LogP contribution in [0, 0.1) is 0 Å². The average Bonchev–Trinajstić information content (AvgIpc) is 2.93. The Labute approximate surface area is 176 Å². The van der Waals surface area contributed by atoms with Gasteiger partial charge in [0.15, 0.2) is 11.5 Å². The fraction of sp³-hybridized carbons (Fsp3) is 0.333. The maximum absolute atomic E-state index is 13.0. The van der Waals surface area contributed by atoms with E-state index in [0.29, 0.717) is 11.3 Å². The summed E-state index contributed by atoms with van der Waals surface area (Å²) in [6.45, 7) is 7.66. The van der Waals surface area contributed by atoms with Crippen LogP contribution in [0.4, 0.5) is 0 Å². The highest BCUT2D eigenvalue weighted by Gasteiger charge is 2.43. The number of hydrogen-bond donors (Lipinski definition) is 2. The highest BCUT2D eigenvalue weighted by Crippen LogP contribution is 2.40. The Morgan fingerprint density at radius 2 is 1.70 bits per heavy atom. The highest BCUT2D eigenvalue weighted by atomic mass is 16.5.